The Kier molecular flexibility index (Phi) is 7.44. The zero-order chi connectivity index (χ0) is 23.3. The molecule has 2 aromatic rings. The van der Waals surface area contributed by atoms with E-state index < -0.39 is 22.6 Å². The van der Waals surface area contributed by atoms with Crippen LogP contribution in [0.1, 0.15) is 15.9 Å². The van der Waals surface area contributed by atoms with E-state index in [0.717, 1.165) is 6.07 Å². The molecule has 0 aromatic heterocycles. The summed E-state index contributed by atoms with van der Waals surface area (Å²) in [6.07, 6.45) is 0. The van der Waals surface area contributed by atoms with Gasteiger partial charge in [-0.2, -0.15) is 0 Å². The molecule has 9 nitrogen and oxygen atoms in total. The number of benzene rings is 2. The highest BCUT2D eigenvalue weighted by Gasteiger charge is 2.24. The number of ether oxygens (including phenoxy) is 2. The van der Waals surface area contributed by atoms with Gasteiger partial charge in [-0.3, -0.25) is 9.69 Å². The molecule has 11 heteroatoms. The van der Waals surface area contributed by atoms with Crippen LogP contribution >= 0.6 is 0 Å². The van der Waals surface area contributed by atoms with Crippen LogP contribution in [0.2, 0.25) is 0 Å². The lowest BCUT2D eigenvalue weighted by atomic mass is 10.2. The number of halogens is 1. The second-order valence-corrected chi connectivity index (χ2v) is 8.76. The fourth-order valence-electron chi connectivity index (χ4n) is 3.35. The largest absolute Gasteiger partial charge is 0.495 e. The number of esters is 1. The highest BCUT2D eigenvalue weighted by molar-refractivity contribution is 7.89. The third kappa shape index (κ3) is 5.81. The van der Waals surface area contributed by atoms with Crippen molar-refractivity contribution in [2.75, 3.05) is 39.9 Å². The number of rotatable bonds is 7. The van der Waals surface area contributed by atoms with Crippen molar-refractivity contribution in [1.29, 1.82) is 0 Å². The molecule has 0 radical (unpaired) electrons. The second kappa shape index (κ2) is 10.1. The number of nitrogens with two attached hydrogens (primary N) is 1. The van der Waals surface area contributed by atoms with Gasteiger partial charge in [0, 0.05) is 38.3 Å². The minimum Gasteiger partial charge on any atom is -0.495 e. The zero-order valence-corrected chi connectivity index (χ0v) is 18.3. The van der Waals surface area contributed by atoms with E-state index in [9.17, 15) is 22.4 Å². The van der Waals surface area contributed by atoms with E-state index in [2.05, 4.69) is 0 Å². The van der Waals surface area contributed by atoms with Crippen molar-refractivity contribution < 1.29 is 31.9 Å². The van der Waals surface area contributed by atoms with Crippen LogP contribution in [0.4, 0.5) is 4.39 Å². The van der Waals surface area contributed by atoms with Crippen LogP contribution in [0.25, 0.3) is 0 Å². The molecular formula is C21H24FN3O6S. The summed E-state index contributed by atoms with van der Waals surface area (Å²) in [6.45, 7) is 1.93. The van der Waals surface area contributed by atoms with Gasteiger partial charge in [0.05, 0.1) is 12.7 Å². The van der Waals surface area contributed by atoms with Crippen LogP contribution in [0, 0.1) is 5.82 Å². The number of hydrogen-bond acceptors (Lipinski definition) is 7. The Morgan fingerprint density at radius 2 is 1.78 bits per heavy atom. The summed E-state index contributed by atoms with van der Waals surface area (Å²) < 4.78 is 47.2. The van der Waals surface area contributed by atoms with Crippen molar-refractivity contribution in [3.63, 3.8) is 0 Å². The normalized spacial score (nSPS) is 14.8. The van der Waals surface area contributed by atoms with Gasteiger partial charge in [0.2, 0.25) is 10.0 Å². The van der Waals surface area contributed by atoms with Crippen molar-refractivity contribution in [3.8, 4) is 5.75 Å². The maximum atomic E-state index is 13.8. The Hall–Kier alpha value is -3.02. The number of hydrogen-bond donors (Lipinski definition) is 1. The van der Waals surface area contributed by atoms with Crippen molar-refractivity contribution >= 4 is 21.9 Å². The highest BCUT2D eigenvalue weighted by Crippen LogP contribution is 2.24. The summed E-state index contributed by atoms with van der Waals surface area (Å²) in [4.78, 5) is 28.0. The SMILES string of the molecule is COc1ccc(C(=O)OCC(=O)N2CCN(Cc3ccccc3F)CC2)cc1S(N)(=O)=O. The van der Waals surface area contributed by atoms with Crippen LogP contribution in [-0.4, -0.2) is 70.0 Å². The first-order valence-electron chi connectivity index (χ1n) is 9.80. The first-order valence-corrected chi connectivity index (χ1v) is 11.3. The molecule has 0 saturated carbocycles. The Morgan fingerprint density at radius 3 is 2.41 bits per heavy atom. The highest BCUT2D eigenvalue weighted by atomic mass is 32.2. The van der Waals surface area contributed by atoms with Crippen LogP contribution in [0.5, 0.6) is 5.75 Å². The van der Waals surface area contributed by atoms with Gasteiger partial charge in [-0.15, -0.1) is 0 Å². The van der Waals surface area contributed by atoms with Gasteiger partial charge in [0.15, 0.2) is 6.61 Å². The molecule has 1 heterocycles. The number of nitrogens with zero attached hydrogens (tertiary/aromatic N) is 2. The molecule has 0 aliphatic carbocycles. The number of amides is 1. The van der Waals surface area contributed by atoms with Gasteiger partial charge in [-0.25, -0.2) is 22.7 Å². The van der Waals surface area contributed by atoms with E-state index in [1.807, 2.05) is 4.90 Å². The standard InChI is InChI=1S/C21H24FN3O6S/c1-30-18-7-6-15(12-19(18)32(23,28)29)21(27)31-14-20(26)25-10-8-24(9-11-25)13-16-4-2-3-5-17(16)22/h2-7,12H,8-11,13-14H2,1H3,(H2,23,28,29). The third-order valence-corrected chi connectivity index (χ3v) is 6.04. The predicted octanol–water partition coefficient (Wildman–Crippen LogP) is 0.983. The topological polar surface area (TPSA) is 119 Å². The van der Waals surface area contributed by atoms with Gasteiger partial charge >= 0.3 is 5.97 Å². The van der Waals surface area contributed by atoms with E-state index in [4.69, 9.17) is 14.6 Å². The van der Waals surface area contributed by atoms with Crippen LogP contribution in [0.15, 0.2) is 47.4 Å². The van der Waals surface area contributed by atoms with E-state index in [1.165, 1.54) is 25.3 Å². The van der Waals surface area contributed by atoms with Gasteiger partial charge in [-0.05, 0) is 24.3 Å². The summed E-state index contributed by atoms with van der Waals surface area (Å²) in [7, 11) is -2.84. The van der Waals surface area contributed by atoms with E-state index in [0.29, 0.717) is 38.3 Å². The van der Waals surface area contributed by atoms with Gasteiger partial charge < -0.3 is 14.4 Å². The fraction of sp³-hybridized carbons (Fsp3) is 0.333. The molecule has 0 unspecified atom stereocenters. The molecule has 32 heavy (non-hydrogen) atoms. The number of piperazine rings is 1. The monoisotopic (exact) mass is 465 g/mol. The number of carbonyl (C=O) groups is 2. The van der Waals surface area contributed by atoms with Crippen LogP contribution in [0.3, 0.4) is 0 Å². The smallest absolute Gasteiger partial charge is 0.338 e. The van der Waals surface area contributed by atoms with E-state index >= 15 is 0 Å². The summed E-state index contributed by atoms with van der Waals surface area (Å²) in [5, 5.41) is 5.14. The predicted molar refractivity (Wildman–Crippen MR) is 113 cm³/mol. The van der Waals surface area contributed by atoms with E-state index in [-0.39, 0.29) is 27.9 Å². The molecule has 0 atom stereocenters. The van der Waals surface area contributed by atoms with Crippen LogP contribution < -0.4 is 9.88 Å². The van der Waals surface area contributed by atoms with Gasteiger partial charge in [0.1, 0.15) is 16.5 Å². The molecule has 1 saturated heterocycles. The summed E-state index contributed by atoms with van der Waals surface area (Å²) in [5.41, 5.74) is 0.525. The number of primary sulfonamides is 1. The lowest BCUT2D eigenvalue weighted by Crippen LogP contribution is -2.49. The number of methoxy groups -OCH3 is 1. The minimum atomic E-state index is -4.12. The summed E-state index contributed by atoms with van der Waals surface area (Å²) in [6, 6.07) is 10.2. The molecule has 3 rings (SSSR count). The number of sulfonamides is 1. The zero-order valence-electron chi connectivity index (χ0n) is 17.5. The molecule has 2 aromatic carbocycles. The van der Waals surface area contributed by atoms with Crippen molar-refractivity contribution in [2.45, 2.75) is 11.4 Å². The average molecular weight is 466 g/mol. The van der Waals surface area contributed by atoms with Crippen LogP contribution in [-0.2, 0) is 26.1 Å². The molecule has 2 N–H and O–H groups in total. The Balaban J connectivity index is 1.52. The lowest BCUT2D eigenvalue weighted by Gasteiger charge is -2.34. The Morgan fingerprint density at radius 1 is 1.09 bits per heavy atom. The average Bonchev–Trinajstić information content (AvgIpc) is 2.78. The lowest BCUT2D eigenvalue weighted by molar-refractivity contribution is -0.136. The first-order chi connectivity index (χ1) is 15.2. The second-order valence-electron chi connectivity index (χ2n) is 7.24. The fourth-order valence-corrected chi connectivity index (χ4v) is 4.07. The van der Waals surface area contributed by atoms with Crippen molar-refractivity contribution in [2.24, 2.45) is 5.14 Å². The molecule has 1 aliphatic rings. The maximum absolute atomic E-state index is 13.8. The molecule has 172 valence electrons. The van der Waals surface area contributed by atoms with Crippen molar-refractivity contribution in [1.82, 2.24) is 9.80 Å². The Bertz CT molecular complexity index is 1100. The molecule has 1 aliphatic heterocycles. The van der Waals surface area contributed by atoms with Gasteiger partial charge in [0.25, 0.3) is 5.91 Å². The molecule has 0 bridgehead atoms. The maximum Gasteiger partial charge on any atom is 0.338 e. The van der Waals surface area contributed by atoms with E-state index in [1.54, 1.807) is 23.1 Å². The summed E-state index contributed by atoms with van der Waals surface area (Å²) >= 11 is 0. The third-order valence-electron chi connectivity index (χ3n) is 5.11. The quantitative estimate of drug-likeness (QED) is 0.606. The number of carbonyl (C=O) groups excluding carboxylic acids is 2. The molecular weight excluding hydrogens is 441 g/mol. The van der Waals surface area contributed by atoms with Gasteiger partial charge in [-0.1, -0.05) is 18.2 Å². The molecule has 1 fully saturated rings. The van der Waals surface area contributed by atoms with Crippen molar-refractivity contribution in [3.05, 3.63) is 59.4 Å². The molecule has 1 amide bonds. The minimum absolute atomic E-state index is 0.00613. The summed E-state index contributed by atoms with van der Waals surface area (Å²) in [5.74, 6) is -1.50. The Labute approximate surface area is 185 Å². The molecule has 0 spiro atoms. The first kappa shape index (κ1) is 23.6.